The van der Waals surface area contributed by atoms with Crippen molar-refractivity contribution in [2.75, 3.05) is 19.5 Å². The molecule has 2 aromatic carbocycles. The van der Waals surface area contributed by atoms with E-state index in [4.69, 9.17) is 4.74 Å². The number of hydrogen-bond donors (Lipinski definition) is 2. The number of methoxy groups -OCH3 is 1. The van der Waals surface area contributed by atoms with Crippen molar-refractivity contribution in [2.24, 2.45) is 5.92 Å². The van der Waals surface area contributed by atoms with Gasteiger partial charge in [0.1, 0.15) is 5.75 Å². The van der Waals surface area contributed by atoms with Crippen LogP contribution >= 0.6 is 0 Å². The van der Waals surface area contributed by atoms with Gasteiger partial charge in [-0.15, -0.1) is 0 Å². The zero-order valence-corrected chi connectivity index (χ0v) is 17.9. The predicted molar refractivity (Wildman–Crippen MR) is 116 cm³/mol. The van der Waals surface area contributed by atoms with Crippen LogP contribution < -0.4 is 15.4 Å². The summed E-state index contributed by atoms with van der Waals surface area (Å²) in [6.45, 7) is 6.35. The van der Waals surface area contributed by atoms with Crippen molar-refractivity contribution in [1.82, 2.24) is 10.2 Å². The van der Waals surface area contributed by atoms with Crippen molar-refractivity contribution in [1.29, 1.82) is 0 Å². The first-order valence-electron chi connectivity index (χ1n) is 9.84. The fourth-order valence-electron chi connectivity index (χ4n) is 3.04. The molecule has 2 N–H and O–H groups in total. The van der Waals surface area contributed by atoms with E-state index in [1.54, 1.807) is 19.1 Å². The molecule has 0 bridgehead atoms. The number of rotatable bonds is 8. The predicted octanol–water partition coefficient (Wildman–Crippen LogP) is 4.58. The molecule has 29 heavy (non-hydrogen) atoms. The maximum absolute atomic E-state index is 12.6. The summed E-state index contributed by atoms with van der Waals surface area (Å²) in [5.74, 6) is 1.05. The maximum atomic E-state index is 12.6. The third kappa shape index (κ3) is 6.52. The van der Waals surface area contributed by atoms with Gasteiger partial charge < -0.3 is 20.3 Å². The number of nitrogens with zero attached hydrogens (tertiary/aromatic N) is 1. The molecule has 0 heterocycles. The van der Waals surface area contributed by atoms with Crippen molar-refractivity contribution >= 4 is 17.6 Å². The highest BCUT2D eigenvalue weighted by molar-refractivity contribution is 5.90. The van der Waals surface area contributed by atoms with Gasteiger partial charge in [0.25, 0.3) is 0 Å². The molecule has 2 rings (SSSR count). The minimum Gasteiger partial charge on any atom is -0.496 e. The molecular weight excluding hydrogens is 366 g/mol. The fraction of sp³-hybridized carbons (Fsp3) is 0.391. The molecule has 6 nitrogen and oxygen atoms in total. The highest BCUT2D eigenvalue weighted by atomic mass is 16.5. The third-order valence-corrected chi connectivity index (χ3v) is 4.74. The lowest BCUT2D eigenvalue weighted by Gasteiger charge is -2.26. The van der Waals surface area contributed by atoms with Crippen molar-refractivity contribution < 1.29 is 14.3 Å². The monoisotopic (exact) mass is 397 g/mol. The lowest BCUT2D eigenvalue weighted by atomic mass is 10.1. The van der Waals surface area contributed by atoms with E-state index >= 15 is 0 Å². The molecular formula is C23H31N3O3. The van der Waals surface area contributed by atoms with Gasteiger partial charge in [0, 0.05) is 31.3 Å². The molecule has 0 saturated carbocycles. The number of urea groups is 1. The van der Waals surface area contributed by atoms with Gasteiger partial charge in [-0.05, 0) is 36.6 Å². The summed E-state index contributed by atoms with van der Waals surface area (Å²) >= 11 is 0. The maximum Gasteiger partial charge on any atom is 0.317 e. The van der Waals surface area contributed by atoms with Gasteiger partial charge in [0.2, 0.25) is 5.91 Å². The molecule has 0 aliphatic heterocycles. The van der Waals surface area contributed by atoms with Crippen LogP contribution in [0.25, 0.3) is 0 Å². The summed E-state index contributed by atoms with van der Waals surface area (Å²) in [6, 6.07) is 14.9. The number of para-hydroxylation sites is 1. The molecule has 0 saturated heterocycles. The van der Waals surface area contributed by atoms with E-state index in [9.17, 15) is 9.59 Å². The minimum absolute atomic E-state index is 0.00782. The van der Waals surface area contributed by atoms with E-state index in [1.165, 1.54) is 0 Å². The summed E-state index contributed by atoms with van der Waals surface area (Å²) < 4.78 is 5.40. The van der Waals surface area contributed by atoms with Crippen LogP contribution in [0.3, 0.4) is 0 Å². The van der Waals surface area contributed by atoms with E-state index in [1.807, 2.05) is 69.3 Å². The molecule has 0 aliphatic carbocycles. The second-order valence-electron chi connectivity index (χ2n) is 7.53. The fourth-order valence-corrected chi connectivity index (χ4v) is 3.04. The Balaban J connectivity index is 1.96. The number of ether oxygens (including phenoxy) is 1. The number of anilines is 1. The number of nitrogens with one attached hydrogen (secondary N) is 2. The number of carbonyl (C=O) groups excluding carboxylic acids is 2. The highest BCUT2D eigenvalue weighted by Crippen LogP contribution is 2.28. The van der Waals surface area contributed by atoms with Gasteiger partial charge in [-0.2, -0.15) is 0 Å². The molecule has 2 aromatic rings. The van der Waals surface area contributed by atoms with E-state index in [-0.39, 0.29) is 18.0 Å². The average Bonchev–Trinajstić information content (AvgIpc) is 2.70. The molecule has 0 aliphatic rings. The van der Waals surface area contributed by atoms with E-state index < -0.39 is 0 Å². The van der Waals surface area contributed by atoms with Crippen LogP contribution in [-0.2, 0) is 11.3 Å². The topological polar surface area (TPSA) is 70.7 Å². The smallest absolute Gasteiger partial charge is 0.317 e. The summed E-state index contributed by atoms with van der Waals surface area (Å²) in [7, 11) is 3.38. The zero-order valence-electron chi connectivity index (χ0n) is 17.9. The largest absolute Gasteiger partial charge is 0.496 e. The van der Waals surface area contributed by atoms with Crippen molar-refractivity contribution in [3.63, 3.8) is 0 Å². The Hall–Kier alpha value is -3.02. The Labute approximate surface area is 173 Å². The SMILES string of the molecule is COc1ccccc1C(C)N(C)C(=O)NCc1cccc(NC(=O)CC(C)C)c1. The van der Waals surface area contributed by atoms with Crippen molar-refractivity contribution in [3.8, 4) is 5.75 Å². The van der Waals surface area contributed by atoms with Crippen molar-refractivity contribution in [3.05, 3.63) is 59.7 Å². The molecule has 0 radical (unpaired) electrons. The van der Waals surface area contributed by atoms with Crippen LogP contribution in [0, 0.1) is 5.92 Å². The lowest BCUT2D eigenvalue weighted by Crippen LogP contribution is -2.38. The van der Waals surface area contributed by atoms with E-state index in [2.05, 4.69) is 10.6 Å². The quantitative estimate of drug-likeness (QED) is 0.685. The summed E-state index contributed by atoms with van der Waals surface area (Å²) in [4.78, 5) is 26.2. The Morgan fingerprint density at radius 3 is 2.48 bits per heavy atom. The minimum atomic E-state index is -0.183. The van der Waals surface area contributed by atoms with Gasteiger partial charge >= 0.3 is 6.03 Å². The van der Waals surface area contributed by atoms with Crippen LogP contribution in [0.4, 0.5) is 10.5 Å². The van der Waals surface area contributed by atoms with Gasteiger partial charge in [0.05, 0.1) is 13.2 Å². The third-order valence-electron chi connectivity index (χ3n) is 4.74. The molecule has 1 unspecified atom stereocenters. The first-order chi connectivity index (χ1) is 13.8. The summed E-state index contributed by atoms with van der Waals surface area (Å²) in [5.41, 5.74) is 2.60. The number of amides is 3. The first-order valence-corrected chi connectivity index (χ1v) is 9.84. The van der Waals surface area contributed by atoms with Gasteiger partial charge in [-0.3, -0.25) is 4.79 Å². The molecule has 0 spiro atoms. The Kier molecular flexibility index (Phi) is 8.07. The lowest BCUT2D eigenvalue weighted by molar-refractivity contribution is -0.116. The van der Waals surface area contributed by atoms with Crippen LogP contribution in [0.2, 0.25) is 0 Å². The first kappa shape index (κ1) is 22.3. The highest BCUT2D eigenvalue weighted by Gasteiger charge is 2.20. The van der Waals surface area contributed by atoms with Gasteiger partial charge in [-0.25, -0.2) is 4.79 Å². The standard InChI is InChI=1S/C23H31N3O3/c1-16(2)13-22(27)25-19-10-8-9-18(14-19)15-24-23(28)26(4)17(3)20-11-6-7-12-21(20)29-5/h6-12,14,16-17H,13,15H2,1-5H3,(H,24,28)(H,25,27). The summed E-state index contributed by atoms with van der Waals surface area (Å²) in [6.07, 6.45) is 0.479. The van der Waals surface area contributed by atoms with Gasteiger partial charge in [0.15, 0.2) is 0 Å². The van der Waals surface area contributed by atoms with Crippen LogP contribution in [-0.4, -0.2) is 31.0 Å². The van der Waals surface area contributed by atoms with Crippen LogP contribution in [0.1, 0.15) is 44.4 Å². The summed E-state index contributed by atoms with van der Waals surface area (Å²) in [5, 5.41) is 5.83. The van der Waals surface area contributed by atoms with E-state index in [0.717, 1.165) is 22.6 Å². The number of benzene rings is 2. The second-order valence-corrected chi connectivity index (χ2v) is 7.53. The number of hydrogen-bond acceptors (Lipinski definition) is 3. The molecule has 0 aromatic heterocycles. The van der Waals surface area contributed by atoms with Crippen LogP contribution in [0.15, 0.2) is 48.5 Å². The molecule has 0 fully saturated rings. The Morgan fingerprint density at radius 1 is 1.07 bits per heavy atom. The van der Waals surface area contributed by atoms with Crippen LogP contribution in [0.5, 0.6) is 5.75 Å². The van der Waals surface area contributed by atoms with Crippen molar-refractivity contribution in [2.45, 2.75) is 39.8 Å². The molecule has 3 amide bonds. The molecule has 156 valence electrons. The molecule has 1 atom stereocenters. The van der Waals surface area contributed by atoms with E-state index in [0.29, 0.717) is 18.9 Å². The molecule has 6 heteroatoms. The zero-order chi connectivity index (χ0) is 21.4. The average molecular weight is 398 g/mol. The normalized spacial score (nSPS) is 11.7. The second kappa shape index (κ2) is 10.5. The Bertz CT molecular complexity index is 836. The Morgan fingerprint density at radius 2 is 1.79 bits per heavy atom. The number of carbonyl (C=O) groups is 2. The van der Waals surface area contributed by atoms with Gasteiger partial charge in [-0.1, -0.05) is 44.2 Å².